The Morgan fingerprint density at radius 3 is 2.26 bits per heavy atom. The molecule has 1 rings (SSSR count). The van der Waals surface area contributed by atoms with Crippen LogP contribution in [0.2, 0.25) is 12.1 Å². The predicted octanol–water partition coefficient (Wildman–Crippen LogP) is 3.03. The minimum atomic E-state index is -1.61. The van der Waals surface area contributed by atoms with Gasteiger partial charge in [-0.05, 0) is 19.1 Å². The van der Waals surface area contributed by atoms with Gasteiger partial charge in [0.15, 0.2) is 0 Å². The van der Waals surface area contributed by atoms with Crippen molar-refractivity contribution in [1.29, 1.82) is 0 Å². The van der Waals surface area contributed by atoms with Crippen molar-refractivity contribution in [1.82, 2.24) is 0 Å². The quantitative estimate of drug-likeness (QED) is 0.436. The van der Waals surface area contributed by atoms with E-state index in [0.29, 0.717) is 5.56 Å². The summed E-state index contributed by atoms with van der Waals surface area (Å²) in [4.78, 5) is 20.7. The maximum Gasteiger partial charge on any atom is 0.373 e. The summed E-state index contributed by atoms with van der Waals surface area (Å²) in [6, 6.07) is 9.79. The Morgan fingerprint density at radius 2 is 1.84 bits per heavy atom. The lowest BCUT2D eigenvalue weighted by Gasteiger charge is -2.25. The Kier molecular flexibility index (Phi) is 5.98. The van der Waals surface area contributed by atoms with Crippen LogP contribution in [-0.4, -0.2) is 20.7 Å². The van der Waals surface area contributed by atoms with Gasteiger partial charge in [-0.2, -0.15) is 4.89 Å². The topological polar surface area (TPSA) is 35.5 Å². The second-order valence-corrected chi connectivity index (χ2v) is 9.05. The maximum absolute atomic E-state index is 11.6. The second-order valence-electron chi connectivity index (χ2n) is 4.34. The van der Waals surface area contributed by atoms with E-state index in [1.807, 2.05) is 12.1 Å². The Morgan fingerprint density at radius 1 is 1.26 bits per heavy atom. The first-order valence-corrected chi connectivity index (χ1v) is 8.99. The van der Waals surface area contributed by atoms with Gasteiger partial charge < -0.3 is 0 Å². The first-order valence-electron chi connectivity index (χ1n) is 6.50. The van der Waals surface area contributed by atoms with Gasteiger partial charge in [0.2, 0.25) is 0 Å². The third kappa shape index (κ3) is 3.55. The van der Waals surface area contributed by atoms with Crippen LogP contribution in [0.15, 0.2) is 36.5 Å². The van der Waals surface area contributed by atoms with Gasteiger partial charge in [-0.15, -0.1) is 6.58 Å². The molecule has 103 valence electrons. The lowest BCUT2D eigenvalue weighted by atomic mass is 10.2. The second kappa shape index (κ2) is 7.26. The van der Waals surface area contributed by atoms with Crippen LogP contribution in [0.3, 0.4) is 0 Å². The number of hydrogen-bond donors (Lipinski definition) is 0. The van der Waals surface area contributed by atoms with Crippen LogP contribution in [0.5, 0.6) is 0 Å². The van der Waals surface area contributed by atoms with E-state index >= 15 is 0 Å². The maximum atomic E-state index is 11.6. The summed E-state index contributed by atoms with van der Waals surface area (Å²) in [5, 5.41) is 1.29. The lowest BCUT2D eigenvalue weighted by molar-refractivity contribution is -0.232. The number of carbonyl (C=O) groups is 1. The Hall–Kier alpha value is -1.39. The number of carbonyl (C=O) groups excluding carboxylic acids is 1. The fourth-order valence-electron chi connectivity index (χ4n) is 2.15. The van der Waals surface area contributed by atoms with E-state index in [4.69, 9.17) is 0 Å². The molecule has 1 aromatic carbocycles. The van der Waals surface area contributed by atoms with Gasteiger partial charge in [0.1, 0.15) is 8.07 Å². The van der Waals surface area contributed by atoms with Gasteiger partial charge >= 0.3 is 5.97 Å². The zero-order valence-corrected chi connectivity index (χ0v) is 12.6. The van der Waals surface area contributed by atoms with Crippen LogP contribution >= 0.6 is 0 Å². The fourth-order valence-corrected chi connectivity index (χ4v) is 5.11. The lowest BCUT2D eigenvalue weighted by Crippen LogP contribution is -2.44. The molecule has 0 aliphatic rings. The summed E-state index contributed by atoms with van der Waals surface area (Å²) in [6.45, 7) is 11.9. The molecular weight excluding hydrogens is 256 g/mol. The van der Waals surface area contributed by atoms with Crippen molar-refractivity contribution >= 4 is 19.2 Å². The number of rotatable bonds is 7. The van der Waals surface area contributed by atoms with Crippen molar-refractivity contribution in [3.05, 3.63) is 49.0 Å². The fraction of sp³-hybridized carbons (Fsp3) is 0.333. The molecule has 1 aromatic rings. The Bertz CT molecular complexity index is 422. The van der Waals surface area contributed by atoms with Crippen molar-refractivity contribution in [3.8, 4) is 0 Å². The smallest absolute Gasteiger partial charge is 0.293 e. The minimum Gasteiger partial charge on any atom is -0.293 e. The summed E-state index contributed by atoms with van der Waals surface area (Å²) < 4.78 is 0. The van der Waals surface area contributed by atoms with Crippen LogP contribution in [-0.2, 0) is 9.78 Å². The molecule has 0 saturated heterocycles. The van der Waals surface area contributed by atoms with Crippen molar-refractivity contribution in [2.75, 3.05) is 6.61 Å². The van der Waals surface area contributed by atoms with Gasteiger partial charge in [0.05, 0.1) is 12.2 Å². The molecule has 19 heavy (non-hydrogen) atoms. The van der Waals surface area contributed by atoms with E-state index in [1.54, 1.807) is 12.1 Å². The highest BCUT2D eigenvalue weighted by Gasteiger charge is 2.27. The van der Waals surface area contributed by atoms with E-state index in [0.717, 1.165) is 12.1 Å². The van der Waals surface area contributed by atoms with Crippen LogP contribution in [0, 0.1) is 6.92 Å². The standard InChI is InChI=1S/C15H21O3Si/c1-5-17-18-15(16)13-9-11-14(12-10-13)19(6-2,7-3)8-4/h6,9-12H,1-2,5,7-8H2,3-4H3. The summed E-state index contributed by atoms with van der Waals surface area (Å²) >= 11 is 0. The molecule has 0 spiro atoms. The Balaban J connectivity index is 2.92. The molecule has 0 aliphatic heterocycles. The summed E-state index contributed by atoms with van der Waals surface area (Å²) in [5.74, 6) is -0.492. The van der Waals surface area contributed by atoms with E-state index in [1.165, 1.54) is 5.19 Å². The van der Waals surface area contributed by atoms with Gasteiger partial charge in [0, 0.05) is 0 Å². The van der Waals surface area contributed by atoms with Crippen molar-refractivity contribution in [3.63, 3.8) is 0 Å². The van der Waals surface area contributed by atoms with Gasteiger partial charge in [-0.1, -0.05) is 49.0 Å². The van der Waals surface area contributed by atoms with Crippen molar-refractivity contribution < 1.29 is 14.6 Å². The first-order chi connectivity index (χ1) is 9.13. The first kappa shape index (κ1) is 15.7. The number of benzene rings is 1. The summed E-state index contributed by atoms with van der Waals surface area (Å²) in [7, 11) is -1.61. The molecule has 0 aliphatic carbocycles. The van der Waals surface area contributed by atoms with E-state index in [2.05, 4.69) is 42.8 Å². The van der Waals surface area contributed by atoms with E-state index in [9.17, 15) is 4.79 Å². The molecule has 0 saturated carbocycles. The predicted molar refractivity (Wildman–Crippen MR) is 79.7 cm³/mol. The normalized spacial score (nSPS) is 11.1. The molecule has 0 amide bonds. The van der Waals surface area contributed by atoms with Gasteiger partial charge in [-0.25, -0.2) is 4.79 Å². The molecule has 0 fully saturated rings. The molecule has 4 heteroatoms. The molecule has 0 bridgehead atoms. The largest absolute Gasteiger partial charge is 0.373 e. The van der Waals surface area contributed by atoms with Crippen LogP contribution in [0.25, 0.3) is 0 Å². The van der Waals surface area contributed by atoms with E-state index in [-0.39, 0.29) is 6.61 Å². The highest BCUT2D eigenvalue weighted by Crippen LogP contribution is 2.17. The molecule has 0 aromatic heterocycles. The molecule has 0 atom stereocenters. The van der Waals surface area contributed by atoms with Crippen molar-refractivity contribution in [2.45, 2.75) is 25.9 Å². The summed E-state index contributed by atoms with van der Waals surface area (Å²) in [5.41, 5.74) is 2.60. The number of hydrogen-bond acceptors (Lipinski definition) is 3. The van der Waals surface area contributed by atoms with Crippen molar-refractivity contribution in [2.24, 2.45) is 0 Å². The van der Waals surface area contributed by atoms with Gasteiger partial charge in [-0.3, -0.25) is 4.89 Å². The highest BCUT2D eigenvalue weighted by molar-refractivity contribution is 6.95. The average molecular weight is 277 g/mol. The zero-order chi connectivity index (χ0) is 14.3. The zero-order valence-electron chi connectivity index (χ0n) is 11.6. The molecule has 0 N–H and O–H groups in total. The molecule has 0 unspecified atom stereocenters. The highest BCUT2D eigenvalue weighted by atomic mass is 28.3. The molecule has 0 heterocycles. The minimum absolute atomic E-state index is 0.0992. The van der Waals surface area contributed by atoms with Crippen LogP contribution in [0.4, 0.5) is 0 Å². The molecule has 3 nitrogen and oxygen atoms in total. The monoisotopic (exact) mass is 277 g/mol. The third-order valence-electron chi connectivity index (χ3n) is 3.57. The third-order valence-corrected chi connectivity index (χ3v) is 8.35. The van der Waals surface area contributed by atoms with Gasteiger partial charge in [0.25, 0.3) is 0 Å². The molecular formula is C15H21O3Si. The SMILES string of the molecule is [CH2]COOC(=O)c1ccc([Si](C=C)(CC)CC)cc1. The molecule has 1 radical (unpaired) electrons. The Labute approximate surface area is 116 Å². The summed E-state index contributed by atoms with van der Waals surface area (Å²) in [6.07, 6.45) is 0. The van der Waals surface area contributed by atoms with E-state index < -0.39 is 14.0 Å². The average Bonchev–Trinajstić information content (AvgIpc) is 2.48. The van der Waals surface area contributed by atoms with Crippen LogP contribution in [0.1, 0.15) is 24.2 Å². The van der Waals surface area contributed by atoms with Crippen LogP contribution < -0.4 is 5.19 Å².